The van der Waals surface area contributed by atoms with Crippen molar-refractivity contribution in [1.82, 2.24) is 5.32 Å². The Morgan fingerprint density at radius 1 is 1.30 bits per heavy atom. The van der Waals surface area contributed by atoms with Crippen LogP contribution in [0.4, 0.5) is 0 Å². The number of carbonyl (C=O) groups is 2. The molecule has 1 aliphatic rings. The Kier molecular flexibility index (Phi) is 8.06. The van der Waals surface area contributed by atoms with Crippen molar-refractivity contribution in [3.05, 3.63) is 35.9 Å². The minimum absolute atomic E-state index is 0. The van der Waals surface area contributed by atoms with Crippen LogP contribution in [0, 0.1) is 5.92 Å². The zero-order chi connectivity index (χ0) is 15.9. The minimum Gasteiger partial charge on any atom is -0.467 e. The van der Waals surface area contributed by atoms with Crippen LogP contribution in [-0.2, 0) is 20.7 Å². The molecule has 2 rings (SSSR count). The van der Waals surface area contributed by atoms with Gasteiger partial charge in [-0.15, -0.1) is 12.4 Å². The lowest BCUT2D eigenvalue weighted by Gasteiger charge is -2.27. The summed E-state index contributed by atoms with van der Waals surface area (Å²) in [5.74, 6) is -0.620. The third-order valence-corrected chi connectivity index (χ3v) is 4.17. The Labute approximate surface area is 143 Å². The fraction of sp³-hybridized carbons (Fsp3) is 0.529. The van der Waals surface area contributed by atoms with E-state index in [0.29, 0.717) is 12.8 Å². The van der Waals surface area contributed by atoms with Crippen LogP contribution in [0.3, 0.4) is 0 Å². The molecule has 0 aromatic heterocycles. The summed E-state index contributed by atoms with van der Waals surface area (Å²) in [6, 6.07) is 9.01. The van der Waals surface area contributed by atoms with Crippen molar-refractivity contribution in [2.75, 3.05) is 7.11 Å². The predicted molar refractivity (Wildman–Crippen MR) is 91.3 cm³/mol. The molecule has 3 N–H and O–H groups in total. The Bertz CT molecular complexity index is 510. The first-order valence-electron chi connectivity index (χ1n) is 7.78. The Balaban J connectivity index is 0.00000264. The van der Waals surface area contributed by atoms with Gasteiger partial charge in [-0.3, -0.25) is 4.79 Å². The molecule has 1 fully saturated rings. The summed E-state index contributed by atoms with van der Waals surface area (Å²) in [5.41, 5.74) is 6.92. The third-order valence-electron chi connectivity index (χ3n) is 4.17. The zero-order valence-electron chi connectivity index (χ0n) is 13.4. The monoisotopic (exact) mass is 340 g/mol. The summed E-state index contributed by atoms with van der Waals surface area (Å²) in [5, 5.41) is 2.84. The van der Waals surface area contributed by atoms with Crippen LogP contribution < -0.4 is 11.1 Å². The first-order chi connectivity index (χ1) is 10.6. The average Bonchev–Trinajstić information content (AvgIpc) is 2.54. The van der Waals surface area contributed by atoms with E-state index in [0.717, 1.165) is 24.8 Å². The lowest BCUT2D eigenvalue weighted by Crippen LogP contribution is -2.47. The molecule has 23 heavy (non-hydrogen) atoms. The number of rotatable bonds is 5. The summed E-state index contributed by atoms with van der Waals surface area (Å²) < 4.78 is 4.82. The minimum atomic E-state index is -0.655. The molecular weight excluding hydrogens is 316 g/mol. The molecule has 0 saturated heterocycles. The highest BCUT2D eigenvalue weighted by atomic mass is 35.5. The summed E-state index contributed by atoms with van der Waals surface area (Å²) >= 11 is 0. The molecule has 1 aromatic rings. The van der Waals surface area contributed by atoms with E-state index in [1.807, 2.05) is 30.3 Å². The molecule has 0 heterocycles. The van der Waals surface area contributed by atoms with E-state index in [9.17, 15) is 9.59 Å². The normalized spacial score (nSPS) is 21.7. The molecule has 0 aliphatic heterocycles. The fourth-order valence-corrected chi connectivity index (χ4v) is 2.94. The van der Waals surface area contributed by atoms with Crippen molar-refractivity contribution in [2.24, 2.45) is 11.7 Å². The van der Waals surface area contributed by atoms with Gasteiger partial charge in [0.05, 0.1) is 7.11 Å². The van der Waals surface area contributed by atoms with Crippen molar-refractivity contribution in [3.63, 3.8) is 0 Å². The molecule has 0 spiro atoms. The van der Waals surface area contributed by atoms with Gasteiger partial charge in [-0.1, -0.05) is 36.8 Å². The van der Waals surface area contributed by atoms with Crippen molar-refractivity contribution < 1.29 is 14.3 Å². The van der Waals surface area contributed by atoms with E-state index in [2.05, 4.69) is 5.32 Å². The van der Waals surface area contributed by atoms with Crippen LogP contribution >= 0.6 is 12.4 Å². The molecule has 3 unspecified atom stereocenters. The van der Waals surface area contributed by atoms with E-state index >= 15 is 0 Å². The van der Waals surface area contributed by atoms with E-state index in [1.165, 1.54) is 7.11 Å². The zero-order valence-corrected chi connectivity index (χ0v) is 14.2. The molecule has 1 saturated carbocycles. The Morgan fingerprint density at radius 2 is 2.00 bits per heavy atom. The highest BCUT2D eigenvalue weighted by Gasteiger charge is 2.29. The lowest BCUT2D eigenvalue weighted by atomic mass is 9.85. The number of hydrogen-bond donors (Lipinski definition) is 2. The second kappa shape index (κ2) is 9.53. The largest absolute Gasteiger partial charge is 0.467 e. The Hall–Kier alpha value is -1.59. The molecule has 6 heteroatoms. The van der Waals surface area contributed by atoms with Crippen molar-refractivity contribution in [1.29, 1.82) is 0 Å². The molecule has 0 bridgehead atoms. The molecule has 1 amide bonds. The van der Waals surface area contributed by atoms with E-state index in [4.69, 9.17) is 10.5 Å². The summed E-state index contributed by atoms with van der Waals surface area (Å²) in [6.45, 7) is 0. The van der Waals surface area contributed by atoms with Crippen LogP contribution in [0.5, 0.6) is 0 Å². The number of ether oxygens (including phenoxy) is 1. The molecule has 1 aromatic carbocycles. The maximum Gasteiger partial charge on any atom is 0.328 e. The average molecular weight is 341 g/mol. The van der Waals surface area contributed by atoms with Crippen LogP contribution in [0.25, 0.3) is 0 Å². The number of nitrogens with one attached hydrogen (secondary N) is 1. The van der Waals surface area contributed by atoms with E-state index in [1.54, 1.807) is 0 Å². The highest BCUT2D eigenvalue weighted by Crippen LogP contribution is 2.23. The Morgan fingerprint density at radius 3 is 2.61 bits per heavy atom. The quantitative estimate of drug-likeness (QED) is 0.801. The van der Waals surface area contributed by atoms with Gasteiger partial charge in [0.25, 0.3) is 0 Å². The van der Waals surface area contributed by atoms with Crippen LogP contribution in [0.1, 0.15) is 31.2 Å². The van der Waals surface area contributed by atoms with Crippen LogP contribution in [0.15, 0.2) is 30.3 Å². The molecule has 0 radical (unpaired) electrons. The molecular formula is C17H25ClN2O3. The van der Waals surface area contributed by atoms with Crippen molar-refractivity contribution in [3.8, 4) is 0 Å². The SMILES string of the molecule is COC(=O)C(Cc1ccccc1)NC(=O)C1CCCC(N)C1.Cl. The predicted octanol–water partition coefficient (Wildman–Crippen LogP) is 1.83. The number of carbonyl (C=O) groups excluding carboxylic acids is 2. The summed E-state index contributed by atoms with van der Waals surface area (Å²) in [6.07, 6.45) is 3.87. The molecule has 3 atom stereocenters. The number of benzene rings is 1. The van der Waals surface area contributed by atoms with Gasteiger partial charge in [0.1, 0.15) is 6.04 Å². The second-order valence-electron chi connectivity index (χ2n) is 5.90. The summed E-state index contributed by atoms with van der Waals surface area (Å²) in [4.78, 5) is 24.3. The third kappa shape index (κ3) is 5.84. The molecule has 5 nitrogen and oxygen atoms in total. The number of halogens is 1. The fourth-order valence-electron chi connectivity index (χ4n) is 2.94. The number of amides is 1. The molecule has 1 aliphatic carbocycles. The van der Waals surface area contributed by atoms with Gasteiger partial charge in [0.15, 0.2) is 0 Å². The first-order valence-corrected chi connectivity index (χ1v) is 7.78. The number of hydrogen-bond acceptors (Lipinski definition) is 4. The van der Waals surface area contributed by atoms with Gasteiger partial charge in [-0.25, -0.2) is 4.79 Å². The van der Waals surface area contributed by atoms with Gasteiger partial charge in [0, 0.05) is 18.4 Å². The smallest absolute Gasteiger partial charge is 0.328 e. The topological polar surface area (TPSA) is 81.4 Å². The van der Waals surface area contributed by atoms with Gasteiger partial charge in [0.2, 0.25) is 5.91 Å². The van der Waals surface area contributed by atoms with Crippen molar-refractivity contribution >= 4 is 24.3 Å². The first kappa shape index (κ1) is 19.5. The highest BCUT2D eigenvalue weighted by molar-refractivity contribution is 5.86. The maximum absolute atomic E-state index is 12.4. The van der Waals surface area contributed by atoms with E-state index in [-0.39, 0.29) is 30.3 Å². The van der Waals surface area contributed by atoms with Gasteiger partial charge in [-0.05, 0) is 24.8 Å². The standard InChI is InChI=1S/C17H24N2O3.ClH/c1-22-17(21)15(10-12-6-3-2-4-7-12)19-16(20)13-8-5-9-14(18)11-13;/h2-4,6-7,13-15H,5,8-11,18H2,1H3,(H,19,20);1H. The van der Waals surface area contributed by atoms with Crippen LogP contribution in [0.2, 0.25) is 0 Å². The lowest BCUT2D eigenvalue weighted by molar-refractivity contribution is -0.145. The summed E-state index contributed by atoms with van der Waals surface area (Å²) in [7, 11) is 1.34. The van der Waals surface area contributed by atoms with Gasteiger partial charge < -0.3 is 15.8 Å². The van der Waals surface area contributed by atoms with Crippen LogP contribution in [-0.4, -0.2) is 31.1 Å². The van der Waals surface area contributed by atoms with Crippen molar-refractivity contribution in [2.45, 2.75) is 44.2 Å². The van der Waals surface area contributed by atoms with E-state index < -0.39 is 12.0 Å². The number of methoxy groups -OCH3 is 1. The molecule has 128 valence electrons. The second-order valence-corrected chi connectivity index (χ2v) is 5.90. The number of esters is 1. The maximum atomic E-state index is 12.4. The number of nitrogens with two attached hydrogens (primary N) is 1. The van der Waals surface area contributed by atoms with Gasteiger partial charge in [-0.2, -0.15) is 0 Å². The van der Waals surface area contributed by atoms with Gasteiger partial charge >= 0.3 is 5.97 Å².